The average Bonchev–Trinajstić information content (AvgIpc) is 2.61. The Morgan fingerprint density at radius 1 is 0.731 bits per heavy atom. The van der Waals surface area contributed by atoms with Crippen LogP contribution < -0.4 is 11.3 Å². The summed E-state index contributed by atoms with van der Waals surface area (Å²) in [5, 5.41) is 19.2. The Morgan fingerprint density at radius 3 is 1.58 bits per heavy atom. The molecule has 0 fully saturated rings. The number of hydrogen-bond acceptors (Lipinski definition) is 8. The zero-order valence-electron chi connectivity index (χ0n) is 13.3. The summed E-state index contributed by atoms with van der Waals surface area (Å²) in [4.78, 5) is 32.4. The summed E-state index contributed by atoms with van der Waals surface area (Å²) in [6, 6.07) is 8.47. The van der Waals surface area contributed by atoms with Crippen molar-refractivity contribution in [3.8, 4) is 11.5 Å². The molecule has 0 radical (unpaired) electrons. The fraction of sp³-hybridized carbons (Fsp3) is 0.111. The van der Waals surface area contributed by atoms with Gasteiger partial charge in [-0.05, 0) is 36.4 Å². The number of aryl methyl sites for hydroxylation is 2. The zero-order chi connectivity index (χ0) is 18.3. The lowest BCUT2D eigenvalue weighted by Gasteiger charge is -2.03. The number of benzene rings is 2. The third-order valence-corrected chi connectivity index (χ3v) is 3.86. The van der Waals surface area contributed by atoms with Crippen LogP contribution in [-0.4, -0.2) is 20.2 Å². The highest BCUT2D eigenvalue weighted by molar-refractivity contribution is 5.79. The maximum absolute atomic E-state index is 12.0. The second kappa shape index (κ2) is 5.99. The Hall–Kier alpha value is -3.68. The van der Waals surface area contributed by atoms with Crippen molar-refractivity contribution < 1.29 is 19.0 Å². The van der Waals surface area contributed by atoms with Gasteiger partial charge in [0.1, 0.15) is 11.5 Å². The van der Waals surface area contributed by atoms with Gasteiger partial charge >= 0.3 is 11.3 Å². The molecule has 0 unspecified atom stereocenters. The lowest BCUT2D eigenvalue weighted by Crippen LogP contribution is -2.09. The van der Waals surface area contributed by atoms with Crippen molar-refractivity contribution >= 4 is 21.8 Å². The minimum Gasteiger partial charge on any atom is -0.508 e. The average molecular weight is 352 g/mol. The summed E-state index contributed by atoms with van der Waals surface area (Å²) >= 11 is 0. The highest BCUT2D eigenvalue weighted by atomic mass is 16.4. The van der Waals surface area contributed by atoms with E-state index in [1.807, 2.05) is 0 Å². The Balaban J connectivity index is 1.65. The monoisotopic (exact) mass is 352 g/mol. The maximum Gasteiger partial charge on any atom is 0.346 e. The molecule has 0 bridgehead atoms. The van der Waals surface area contributed by atoms with Gasteiger partial charge in [0.05, 0.1) is 21.8 Å². The Morgan fingerprint density at radius 2 is 1.15 bits per heavy atom. The van der Waals surface area contributed by atoms with Gasteiger partial charge < -0.3 is 19.0 Å². The molecule has 26 heavy (non-hydrogen) atoms. The smallest absolute Gasteiger partial charge is 0.346 e. The molecule has 4 rings (SSSR count). The van der Waals surface area contributed by atoms with Crippen LogP contribution in [-0.2, 0) is 12.8 Å². The van der Waals surface area contributed by atoms with Gasteiger partial charge in [0.25, 0.3) is 0 Å². The van der Waals surface area contributed by atoms with Crippen LogP contribution in [0, 0.1) is 0 Å². The lowest BCUT2D eigenvalue weighted by atomic mass is 10.2. The van der Waals surface area contributed by atoms with Crippen molar-refractivity contribution in [1.82, 2.24) is 9.97 Å². The van der Waals surface area contributed by atoms with Crippen molar-refractivity contribution in [2.24, 2.45) is 0 Å². The molecule has 0 aliphatic heterocycles. The summed E-state index contributed by atoms with van der Waals surface area (Å²) in [5.41, 5.74) is -0.413. The number of fused-ring (bicyclic) bond motifs is 2. The molecule has 2 heterocycles. The summed E-state index contributed by atoms with van der Waals surface area (Å²) in [6.45, 7) is 0. The SMILES string of the molecule is O=c1oc(CCc2nc3ccc(O)cc3c(=O)o2)nc2ccc(O)cc12. The first-order chi connectivity index (χ1) is 12.5. The van der Waals surface area contributed by atoms with Crippen LogP contribution in [0.15, 0.2) is 54.8 Å². The van der Waals surface area contributed by atoms with Crippen molar-refractivity contribution in [1.29, 1.82) is 0 Å². The minimum absolute atomic E-state index is 0.0486. The number of phenols is 2. The number of hydrogen-bond donors (Lipinski definition) is 2. The van der Waals surface area contributed by atoms with Crippen molar-refractivity contribution in [2.75, 3.05) is 0 Å². The first-order valence-electron chi connectivity index (χ1n) is 7.75. The first kappa shape index (κ1) is 15.8. The number of rotatable bonds is 3. The van der Waals surface area contributed by atoms with Gasteiger partial charge in [-0.2, -0.15) is 0 Å². The third kappa shape index (κ3) is 2.88. The highest BCUT2D eigenvalue weighted by Crippen LogP contribution is 2.17. The molecule has 0 aliphatic carbocycles. The molecule has 2 N–H and O–H groups in total. The molecule has 130 valence electrons. The van der Waals surface area contributed by atoms with E-state index in [1.165, 1.54) is 36.4 Å². The molecule has 0 amide bonds. The van der Waals surface area contributed by atoms with Crippen LogP contribution in [0.25, 0.3) is 21.8 Å². The molecule has 2 aromatic heterocycles. The molecular weight excluding hydrogens is 340 g/mol. The molecule has 2 aromatic carbocycles. The molecule has 0 aliphatic rings. The highest BCUT2D eigenvalue weighted by Gasteiger charge is 2.11. The van der Waals surface area contributed by atoms with E-state index in [2.05, 4.69) is 9.97 Å². The largest absolute Gasteiger partial charge is 0.508 e. The van der Waals surface area contributed by atoms with Gasteiger partial charge in [0.15, 0.2) is 11.8 Å². The molecule has 0 atom stereocenters. The number of aromatic hydroxyl groups is 2. The van der Waals surface area contributed by atoms with Crippen LogP contribution in [0.3, 0.4) is 0 Å². The van der Waals surface area contributed by atoms with E-state index >= 15 is 0 Å². The standard InChI is InChI=1S/C18H12N2O6/c21-9-1-3-13-11(7-9)17(23)25-15(19-13)5-6-16-20-14-4-2-10(22)8-12(14)18(24)26-16/h1-4,7-8,21-22H,5-6H2. The second-order valence-corrected chi connectivity index (χ2v) is 5.69. The van der Waals surface area contributed by atoms with Crippen LogP contribution in [0.5, 0.6) is 11.5 Å². The topological polar surface area (TPSA) is 127 Å². The minimum atomic E-state index is -0.607. The molecule has 0 saturated carbocycles. The second-order valence-electron chi connectivity index (χ2n) is 5.69. The predicted octanol–water partition coefficient (Wildman–Crippen LogP) is 1.89. The maximum atomic E-state index is 12.0. The van der Waals surface area contributed by atoms with E-state index in [9.17, 15) is 19.8 Å². The molecule has 8 heteroatoms. The summed E-state index contributed by atoms with van der Waals surface area (Å²) in [6.07, 6.45) is 0.400. The van der Waals surface area contributed by atoms with Gasteiger partial charge in [-0.15, -0.1) is 0 Å². The van der Waals surface area contributed by atoms with Crippen molar-refractivity contribution in [3.63, 3.8) is 0 Å². The third-order valence-electron chi connectivity index (χ3n) is 3.86. The van der Waals surface area contributed by atoms with Gasteiger partial charge in [-0.3, -0.25) is 0 Å². The van der Waals surface area contributed by atoms with Crippen molar-refractivity contribution in [2.45, 2.75) is 12.8 Å². The molecule has 0 spiro atoms. The van der Waals surface area contributed by atoms with E-state index < -0.39 is 11.3 Å². The summed E-state index contributed by atoms with van der Waals surface area (Å²) in [7, 11) is 0. The van der Waals surface area contributed by atoms with Crippen LogP contribution in [0.4, 0.5) is 0 Å². The fourth-order valence-electron chi connectivity index (χ4n) is 2.64. The van der Waals surface area contributed by atoms with Crippen LogP contribution in [0.1, 0.15) is 11.8 Å². The van der Waals surface area contributed by atoms with Crippen LogP contribution in [0.2, 0.25) is 0 Å². The number of phenolic OH excluding ortho intramolecular Hbond substituents is 2. The Bertz CT molecular complexity index is 1160. The van der Waals surface area contributed by atoms with Gasteiger partial charge in [-0.1, -0.05) is 0 Å². The van der Waals surface area contributed by atoms with E-state index in [4.69, 9.17) is 8.83 Å². The van der Waals surface area contributed by atoms with E-state index in [1.54, 1.807) is 0 Å². The van der Waals surface area contributed by atoms with E-state index in [-0.39, 0.29) is 46.9 Å². The Kier molecular flexibility index (Phi) is 3.65. The molecule has 8 nitrogen and oxygen atoms in total. The number of nitrogens with zero attached hydrogens (tertiary/aromatic N) is 2. The van der Waals surface area contributed by atoms with Gasteiger partial charge in [-0.25, -0.2) is 19.6 Å². The molecule has 0 saturated heterocycles. The fourth-order valence-corrected chi connectivity index (χ4v) is 2.64. The molecule has 4 aromatic rings. The van der Waals surface area contributed by atoms with E-state index in [0.717, 1.165) is 0 Å². The van der Waals surface area contributed by atoms with Crippen LogP contribution >= 0.6 is 0 Å². The Labute approximate surface area is 145 Å². The van der Waals surface area contributed by atoms with Gasteiger partial charge in [0.2, 0.25) is 0 Å². The molecular formula is C18H12N2O6. The van der Waals surface area contributed by atoms with E-state index in [0.29, 0.717) is 11.0 Å². The first-order valence-corrected chi connectivity index (χ1v) is 7.75. The van der Waals surface area contributed by atoms with Gasteiger partial charge in [0, 0.05) is 12.8 Å². The summed E-state index contributed by atoms with van der Waals surface area (Å²) in [5.74, 6) is 0.243. The number of aromatic nitrogens is 2. The quantitative estimate of drug-likeness (QED) is 0.572. The normalized spacial score (nSPS) is 11.2. The summed E-state index contributed by atoms with van der Waals surface area (Å²) < 4.78 is 10.3. The lowest BCUT2D eigenvalue weighted by molar-refractivity contribution is 0.410. The predicted molar refractivity (Wildman–Crippen MR) is 91.3 cm³/mol. The zero-order valence-corrected chi connectivity index (χ0v) is 13.3. The van der Waals surface area contributed by atoms with Crippen molar-refractivity contribution in [3.05, 3.63) is 69.0 Å².